The van der Waals surface area contributed by atoms with Crippen LogP contribution in [0.25, 0.3) is 0 Å². The maximum atomic E-state index is 12.2. The van der Waals surface area contributed by atoms with Gasteiger partial charge in [0.15, 0.2) is 0 Å². The number of carbonyl (C=O) groups is 1. The summed E-state index contributed by atoms with van der Waals surface area (Å²) in [6.45, 7) is 2.37. The van der Waals surface area contributed by atoms with Gasteiger partial charge < -0.3 is 15.4 Å². The first-order valence-corrected chi connectivity index (χ1v) is 7.50. The lowest BCUT2D eigenvalue weighted by Gasteiger charge is -2.07. The zero-order valence-electron chi connectivity index (χ0n) is 13.1. The molecule has 0 saturated heterocycles. The van der Waals surface area contributed by atoms with Gasteiger partial charge in [-0.2, -0.15) is 0 Å². The van der Waals surface area contributed by atoms with Gasteiger partial charge in [-0.1, -0.05) is 18.2 Å². The molecule has 2 aromatic carbocycles. The van der Waals surface area contributed by atoms with E-state index in [1.165, 1.54) is 16.7 Å². The molecule has 3 rings (SSSR count). The van der Waals surface area contributed by atoms with Crippen LogP contribution >= 0.6 is 12.4 Å². The van der Waals surface area contributed by atoms with E-state index in [2.05, 4.69) is 10.6 Å². The summed E-state index contributed by atoms with van der Waals surface area (Å²) in [5, 5.41) is 6.26. The highest BCUT2D eigenvalue weighted by molar-refractivity contribution is 5.94. The summed E-state index contributed by atoms with van der Waals surface area (Å²) in [5.74, 6) is 0.836. The zero-order chi connectivity index (χ0) is 15.4. The summed E-state index contributed by atoms with van der Waals surface area (Å²) in [5.41, 5.74) is 4.43. The fourth-order valence-electron chi connectivity index (χ4n) is 2.65. The SMILES string of the molecule is COc1ccc(CCNC(=O)c2ccc3c(c2)CNC3)cc1.Cl. The lowest BCUT2D eigenvalue weighted by Crippen LogP contribution is -2.25. The summed E-state index contributed by atoms with van der Waals surface area (Å²) in [7, 11) is 1.65. The first-order valence-electron chi connectivity index (χ1n) is 7.50. The third kappa shape index (κ3) is 4.24. The van der Waals surface area contributed by atoms with Crippen molar-refractivity contribution in [3.63, 3.8) is 0 Å². The number of nitrogens with one attached hydrogen (secondary N) is 2. The first kappa shape index (κ1) is 17.3. The number of hydrogen-bond donors (Lipinski definition) is 2. The molecule has 1 aliphatic heterocycles. The molecule has 23 heavy (non-hydrogen) atoms. The van der Waals surface area contributed by atoms with E-state index in [4.69, 9.17) is 4.74 Å². The molecule has 0 atom stereocenters. The van der Waals surface area contributed by atoms with Gasteiger partial charge in [-0.3, -0.25) is 4.79 Å². The van der Waals surface area contributed by atoms with Crippen LogP contribution in [0.5, 0.6) is 5.75 Å². The fourth-order valence-corrected chi connectivity index (χ4v) is 2.65. The Morgan fingerprint density at radius 3 is 2.61 bits per heavy atom. The van der Waals surface area contributed by atoms with Crippen molar-refractivity contribution in [2.75, 3.05) is 13.7 Å². The number of methoxy groups -OCH3 is 1. The van der Waals surface area contributed by atoms with Crippen molar-refractivity contribution in [2.45, 2.75) is 19.5 Å². The average Bonchev–Trinajstić information content (AvgIpc) is 3.03. The van der Waals surface area contributed by atoms with Crippen LogP contribution in [0, 0.1) is 0 Å². The summed E-state index contributed by atoms with van der Waals surface area (Å²) >= 11 is 0. The highest BCUT2D eigenvalue weighted by Gasteiger charge is 2.13. The molecule has 0 aliphatic carbocycles. The minimum atomic E-state index is -0.0109. The van der Waals surface area contributed by atoms with E-state index in [0.717, 1.165) is 30.8 Å². The van der Waals surface area contributed by atoms with Gasteiger partial charge in [0.2, 0.25) is 0 Å². The van der Waals surface area contributed by atoms with Crippen LogP contribution in [-0.2, 0) is 19.5 Å². The Hall–Kier alpha value is -2.04. The molecule has 5 heteroatoms. The molecular weight excluding hydrogens is 312 g/mol. The number of amides is 1. The van der Waals surface area contributed by atoms with Gasteiger partial charge >= 0.3 is 0 Å². The van der Waals surface area contributed by atoms with Gasteiger partial charge in [0.1, 0.15) is 5.75 Å². The number of hydrogen-bond acceptors (Lipinski definition) is 3. The molecule has 1 heterocycles. The van der Waals surface area contributed by atoms with E-state index in [1.54, 1.807) is 7.11 Å². The van der Waals surface area contributed by atoms with Crippen LogP contribution in [0.1, 0.15) is 27.0 Å². The predicted molar refractivity (Wildman–Crippen MR) is 93.3 cm³/mol. The minimum Gasteiger partial charge on any atom is -0.497 e. The average molecular weight is 333 g/mol. The van der Waals surface area contributed by atoms with Crippen LogP contribution in [0.15, 0.2) is 42.5 Å². The van der Waals surface area contributed by atoms with Crippen molar-refractivity contribution in [1.82, 2.24) is 10.6 Å². The molecule has 0 saturated carbocycles. The zero-order valence-corrected chi connectivity index (χ0v) is 13.9. The van der Waals surface area contributed by atoms with Crippen molar-refractivity contribution in [1.29, 1.82) is 0 Å². The van der Waals surface area contributed by atoms with Gasteiger partial charge in [-0.05, 0) is 47.4 Å². The van der Waals surface area contributed by atoms with Crippen molar-refractivity contribution in [3.05, 3.63) is 64.7 Å². The summed E-state index contributed by atoms with van der Waals surface area (Å²) < 4.78 is 5.13. The Bertz CT molecular complexity index is 671. The molecule has 0 bridgehead atoms. The highest BCUT2D eigenvalue weighted by Crippen LogP contribution is 2.17. The molecule has 1 aliphatic rings. The van der Waals surface area contributed by atoms with Crippen molar-refractivity contribution >= 4 is 18.3 Å². The molecule has 122 valence electrons. The van der Waals surface area contributed by atoms with E-state index >= 15 is 0 Å². The third-order valence-corrected chi connectivity index (χ3v) is 3.96. The number of benzene rings is 2. The van der Waals surface area contributed by atoms with Gasteiger partial charge in [0.05, 0.1) is 7.11 Å². The van der Waals surface area contributed by atoms with Crippen LogP contribution in [0.4, 0.5) is 0 Å². The van der Waals surface area contributed by atoms with Crippen LogP contribution in [0.3, 0.4) is 0 Å². The van der Waals surface area contributed by atoms with Crippen molar-refractivity contribution in [2.24, 2.45) is 0 Å². The first-order chi connectivity index (χ1) is 10.8. The third-order valence-electron chi connectivity index (χ3n) is 3.96. The monoisotopic (exact) mass is 332 g/mol. The van der Waals surface area contributed by atoms with E-state index in [9.17, 15) is 4.79 Å². The Morgan fingerprint density at radius 2 is 1.87 bits per heavy atom. The normalized spacial score (nSPS) is 12.2. The molecule has 2 N–H and O–H groups in total. The Balaban J connectivity index is 0.00000192. The molecule has 4 nitrogen and oxygen atoms in total. The number of ether oxygens (including phenoxy) is 1. The molecule has 0 radical (unpaired) electrons. The summed E-state index contributed by atoms with van der Waals surface area (Å²) in [6.07, 6.45) is 0.808. The van der Waals surface area contributed by atoms with E-state index < -0.39 is 0 Å². The predicted octanol–water partition coefficient (Wildman–Crippen LogP) is 2.69. The minimum absolute atomic E-state index is 0. The molecule has 0 spiro atoms. The van der Waals surface area contributed by atoms with E-state index in [-0.39, 0.29) is 18.3 Å². The number of rotatable bonds is 5. The van der Waals surface area contributed by atoms with Crippen LogP contribution in [-0.4, -0.2) is 19.6 Å². The van der Waals surface area contributed by atoms with E-state index in [1.807, 2.05) is 42.5 Å². The smallest absolute Gasteiger partial charge is 0.251 e. The Morgan fingerprint density at radius 1 is 1.13 bits per heavy atom. The van der Waals surface area contributed by atoms with Gasteiger partial charge in [0, 0.05) is 25.2 Å². The lowest BCUT2D eigenvalue weighted by molar-refractivity contribution is 0.0954. The van der Waals surface area contributed by atoms with Gasteiger partial charge in [0.25, 0.3) is 5.91 Å². The molecule has 1 amide bonds. The second kappa shape index (κ2) is 7.99. The largest absolute Gasteiger partial charge is 0.497 e. The van der Waals surface area contributed by atoms with Crippen LogP contribution in [0.2, 0.25) is 0 Å². The molecular formula is C18H21ClN2O2. The second-order valence-electron chi connectivity index (χ2n) is 5.44. The fraction of sp³-hybridized carbons (Fsp3) is 0.278. The summed E-state index contributed by atoms with van der Waals surface area (Å²) in [6, 6.07) is 13.8. The molecule has 0 unspecified atom stereocenters. The molecule has 0 aromatic heterocycles. The Labute approximate surface area is 142 Å². The maximum absolute atomic E-state index is 12.2. The van der Waals surface area contributed by atoms with Gasteiger partial charge in [-0.15, -0.1) is 12.4 Å². The highest BCUT2D eigenvalue weighted by atomic mass is 35.5. The van der Waals surface area contributed by atoms with Crippen molar-refractivity contribution < 1.29 is 9.53 Å². The Kier molecular flexibility index (Phi) is 6.02. The van der Waals surface area contributed by atoms with E-state index in [0.29, 0.717) is 6.54 Å². The van der Waals surface area contributed by atoms with Gasteiger partial charge in [-0.25, -0.2) is 0 Å². The molecule has 2 aromatic rings. The second-order valence-corrected chi connectivity index (χ2v) is 5.44. The topological polar surface area (TPSA) is 50.4 Å². The van der Waals surface area contributed by atoms with Crippen LogP contribution < -0.4 is 15.4 Å². The van der Waals surface area contributed by atoms with Crippen molar-refractivity contribution in [3.8, 4) is 5.75 Å². The summed E-state index contributed by atoms with van der Waals surface area (Å²) in [4.78, 5) is 12.2. The molecule has 0 fully saturated rings. The number of halogens is 1. The number of fused-ring (bicyclic) bond motifs is 1. The number of carbonyl (C=O) groups excluding carboxylic acids is 1. The standard InChI is InChI=1S/C18H20N2O2.ClH/c1-22-17-6-2-13(3-7-17)8-9-20-18(21)14-4-5-15-11-19-12-16(15)10-14;/h2-7,10,19H,8-9,11-12H2,1H3,(H,20,21);1H. The maximum Gasteiger partial charge on any atom is 0.251 e. The quantitative estimate of drug-likeness (QED) is 0.885. The lowest BCUT2D eigenvalue weighted by atomic mass is 10.1.